The summed E-state index contributed by atoms with van der Waals surface area (Å²) in [7, 11) is 4.18. The van der Waals surface area contributed by atoms with Gasteiger partial charge in [0.2, 0.25) is 0 Å². The Morgan fingerprint density at radius 1 is 1.50 bits per heavy atom. The number of aromatic nitrogens is 2. The van der Waals surface area contributed by atoms with Crippen molar-refractivity contribution in [2.45, 2.75) is 51.1 Å². The molecule has 4 nitrogen and oxygen atoms in total. The van der Waals surface area contributed by atoms with Crippen molar-refractivity contribution >= 4 is 0 Å². The molecule has 1 heterocycles. The first kappa shape index (κ1) is 13.6. The molecule has 1 aromatic rings. The van der Waals surface area contributed by atoms with Gasteiger partial charge in [-0.05, 0) is 19.9 Å². The fraction of sp³-hybridized carbons (Fsp3) is 0.786. The van der Waals surface area contributed by atoms with Gasteiger partial charge in [0.15, 0.2) is 0 Å². The monoisotopic (exact) mass is 250 g/mol. The zero-order chi connectivity index (χ0) is 13.5. The van der Waals surface area contributed by atoms with Crippen LogP contribution < -0.4 is 5.73 Å². The van der Waals surface area contributed by atoms with E-state index in [1.807, 2.05) is 11.7 Å². The molecule has 1 fully saturated rings. The predicted molar refractivity (Wildman–Crippen MR) is 74.5 cm³/mol. The lowest BCUT2D eigenvalue weighted by molar-refractivity contribution is 0.237. The molecule has 2 N–H and O–H groups in total. The van der Waals surface area contributed by atoms with E-state index in [0.717, 1.165) is 0 Å². The van der Waals surface area contributed by atoms with E-state index in [9.17, 15) is 0 Å². The van der Waals surface area contributed by atoms with E-state index in [4.69, 9.17) is 5.73 Å². The molecule has 0 aromatic carbocycles. The third-order valence-electron chi connectivity index (χ3n) is 3.76. The Bertz CT molecular complexity index is 412. The molecule has 1 aliphatic carbocycles. The van der Waals surface area contributed by atoms with Crippen LogP contribution in [-0.2, 0) is 12.5 Å². The highest BCUT2D eigenvalue weighted by Gasteiger charge is 2.34. The standard InChI is InChI=1S/C14H26N4/c1-14(2,3)13-11(9-17(4)16-13)12(8-15)18(5)10-6-7-10/h9-10,12H,6-8,15H2,1-5H3. The van der Waals surface area contributed by atoms with E-state index in [1.54, 1.807) is 0 Å². The van der Waals surface area contributed by atoms with Crippen molar-refractivity contribution in [2.75, 3.05) is 13.6 Å². The summed E-state index contributed by atoms with van der Waals surface area (Å²) in [5.41, 5.74) is 8.55. The topological polar surface area (TPSA) is 47.1 Å². The largest absolute Gasteiger partial charge is 0.329 e. The average Bonchev–Trinajstić information content (AvgIpc) is 3.02. The van der Waals surface area contributed by atoms with Gasteiger partial charge in [-0.2, -0.15) is 5.10 Å². The SMILES string of the molecule is CN(C1CC1)C(CN)c1cn(C)nc1C(C)(C)C. The van der Waals surface area contributed by atoms with E-state index >= 15 is 0 Å². The van der Waals surface area contributed by atoms with Crippen LogP contribution in [0.25, 0.3) is 0 Å². The zero-order valence-corrected chi connectivity index (χ0v) is 12.3. The number of hydrogen-bond acceptors (Lipinski definition) is 3. The molecular weight excluding hydrogens is 224 g/mol. The summed E-state index contributed by atoms with van der Waals surface area (Å²) >= 11 is 0. The van der Waals surface area contributed by atoms with Crippen LogP contribution in [0.3, 0.4) is 0 Å². The van der Waals surface area contributed by atoms with Crippen LogP contribution in [0.5, 0.6) is 0 Å². The van der Waals surface area contributed by atoms with Gasteiger partial charge in [-0.1, -0.05) is 20.8 Å². The smallest absolute Gasteiger partial charge is 0.0726 e. The van der Waals surface area contributed by atoms with Crippen molar-refractivity contribution in [1.82, 2.24) is 14.7 Å². The maximum atomic E-state index is 6.01. The lowest BCUT2D eigenvalue weighted by atomic mass is 9.87. The first-order chi connectivity index (χ1) is 8.34. The van der Waals surface area contributed by atoms with Crippen LogP contribution in [0, 0.1) is 0 Å². The van der Waals surface area contributed by atoms with E-state index in [2.05, 4.69) is 44.0 Å². The minimum absolute atomic E-state index is 0.0639. The Labute approximate surface area is 110 Å². The van der Waals surface area contributed by atoms with Crippen LogP contribution in [0.4, 0.5) is 0 Å². The number of aryl methyl sites for hydroxylation is 1. The highest BCUT2D eigenvalue weighted by atomic mass is 15.3. The summed E-state index contributed by atoms with van der Waals surface area (Å²) in [6, 6.07) is 1.01. The van der Waals surface area contributed by atoms with Gasteiger partial charge in [0.1, 0.15) is 0 Å². The minimum Gasteiger partial charge on any atom is -0.329 e. The van der Waals surface area contributed by atoms with Crippen molar-refractivity contribution < 1.29 is 0 Å². The number of nitrogens with two attached hydrogens (primary N) is 1. The van der Waals surface area contributed by atoms with E-state index in [1.165, 1.54) is 24.1 Å². The number of rotatable bonds is 4. The molecule has 0 amide bonds. The van der Waals surface area contributed by atoms with Gasteiger partial charge >= 0.3 is 0 Å². The molecular formula is C14H26N4. The molecule has 0 spiro atoms. The van der Waals surface area contributed by atoms with Crippen molar-refractivity contribution in [2.24, 2.45) is 12.8 Å². The Morgan fingerprint density at radius 3 is 2.56 bits per heavy atom. The molecule has 0 aliphatic heterocycles. The normalized spacial score (nSPS) is 18.4. The summed E-state index contributed by atoms with van der Waals surface area (Å²) in [6.07, 6.45) is 4.74. The predicted octanol–water partition coefficient (Wildman–Crippen LogP) is 1.81. The molecule has 1 unspecified atom stereocenters. The van der Waals surface area contributed by atoms with Crippen LogP contribution in [0.2, 0.25) is 0 Å². The van der Waals surface area contributed by atoms with Gasteiger partial charge in [0, 0.05) is 36.8 Å². The summed E-state index contributed by atoms with van der Waals surface area (Å²) in [5, 5.41) is 4.65. The summed E-state index contributed by atoms with van der Waals surface area (Å²) in [5.74, 6) is 0. The molecule has 102 valence electrons. The molecule has 1 aliphatic rings. The molecule has 0 bridgehead atoms. The van der Waals surface area contributed by atoms with Gasteiger partial charge < -0.3 is 5.73 Å². The van der Waals surface area contributed by atoms with Crippen molar-refractivity contribution in [3.05, 3.63) is 17.5 Å². The van der Waals surface area contributed by atoms with Crippen LogP contribution in [0.1, 0.15) is 50.9 Å². The average molecular weight is 250 g/mol. The second-order valence-electron chi connectivity index (χ2n) is 6.50. The number of likely N-dealkylation sites (N-methyl/N-ethyl adjacent to an activating group) is 1. The van der Waals surface area contributed by atoms with Gasteiger partial charge in [0.05, 0.1) is 11.7 Å². The van der Waals surface area contributed by atoms with Gasteiger partial charge in [-0.25, -0.2) is 0 Å². The Hall–Kier alpha value is -0.870. The quantitative estimate of drug-likeness (QED) is 0.886. The minimum atomic E-state index is 0.0639. The Morgan fingerprint density at radius 2 is 2.11 bits per heavy atom. The lowest BCUT2D eigenvalue weighted by Crippen LogP contribution is -2.33. The lowest BCUT2D eigenvalue weighted by Gasteiger charge is -2.29. The Balaban J connectivity index is 2.35. The third kappa shape index (κ3) is 2.59. The van der Waals surface area contributed by atoms with Crippen molar-refractivity contribution in [3.63, 3.8) is 0 Å². The molecule has 4 heteroatoms. The summed E-state index contributed by atoms with van der Waals surface area (Å²) in [4.78, 5) is 2.42. The fourth-order valence-electron chi connectivity index (χ4n) is 2.58. The van der Waals surface area contributed by atoms with Crippen LogP contribution >= 0.6 is 0 Å². The maximum Gasteiger partial charge on any atom is 0.0726 e. The highest BCUT2D eigenvalue weighted by molar-refractivity contribution is 5.28. The number of nitrogens with zero attached hydrogens (tertiary/aromatic N) is 3. The molecule has 1 saturated carbocycles. The zero-order valence-electron chi connectivity index (χ0n) is 12.3. The first-order valence-electron chi connectivity index (χ1n) is 6.80. The molecule has 0 saturated heterocycles. The Kier molecular flexibility index (Phi) is 3.52. The first-order valence-corrected chi connectivity index (χ1v) is 6.80. The maximum absolute atomic E-state index is 6.01. The highest BCUT2D eigenvalue weighted by Crippen LogP contribution is 2.36. The number of hydrogen-bond donors (Lipinski definition) is 1. The van der Waals surface area contributed by atoms with Crippen molar-refractivity contribution in [3.8, 4) is 0 Å². The fourth-order valence-corrected chi connectivity index (χ4v) is 2.58. The van der Waals surface area contributed by atoms with E-state index in [0.29, 0.717) is 18.6 Å². The molecule has 1 atom stereocenters. The summed E-state index contributed by atoms with van der Waals surface area (Å²) < 4.78 is 1.92. The van der Waals surface area contributed by atoms with Crippen molar-refractivity contribution in [1.29, 1.82) is 0 Å². The summed E-state index contributed by atoms with van der Waals surface area (Å²) in [6.45, 7) is 7.29. The molecule has 2 rings (SSSR count). The van der Waals surface area contributed by atoms with Gasteiger partial charge in [-0.3, -0.25) is 9.58 Å². The van der Waals surface area contributed by atoms with E-state index in [-0.39, 0.29) is 5.41 Å². The molecule has 0 radical (unpaired) electrons. The molecule has 18 heavy (non-hydrogen) atoms. The van der Waals surface area contributed by atoms with E-state index < -0.39 is 0 Å². The second kappa shape index (κ2) is 4.67. The van der Waals surface area contributed by atoms with Crippen LogP contribution in [-0.4, -0.2) is 34.3 Å². The second-order valence-corrected chi connectivity index (χ2v) is 6.50. The molecule has 1 aromatic heterocycles. The van der Waals surface area contributed by atoms with Gasteiger partial charge in [-0.15, -0.1) is 0 Å². The third-order valence-corrected chi connectivity index (χ3v) is 3.76. The van der Waals surface area contributed by atoms with Crippen LogP contribution in [0.15, 0.2) is 6.20 Å². The van der Waals surface area contributed by atoms with Gasteiger partial charge in [0.25, 0.3) is 0 Å².